The van der Waals surface area contributed by atoms with E-state index in [2.05, 4.69) is 11.9 Å². The van der Waals surface area contributed by atoms with Gasteiger partial charge < -0.3 is 9.72 Å². The molecule has 1 heterocycles. The first-order chi connectivity index (χ1) is 10.2. The van der Waals surface area contributed by atoms with Crippen molar-refractivity contribution in [3.63, 3.8) is 0 Å². The number of hydrogen-bond donors (Lipinski definition) is 1. The Bertz CT molecular complexity index is 785. The molecule has 0 atom stereocenters. The first-order valence-corrected chi connectivity index (χ1v) is 7.03. The van der Waals surface area contributed by atoms with Crippen molar-refractivity contribution in [1.82, 2.24) is 4.98 Å². The molecule has 3 heteroatoms. The van der Waals surface area contributed by atoms with Gasteiger partial charge in [0.15, 0.2) is 5.78 Å². The first kappa shape index (κ1) is 13.4. The fourth-order valence-electron chi connectivity index (χ4n) is 2.61. The molecule has 0 unspecified atom stereocenters. The van der Waals surface area contributed by atoms with Crippen LogP contribution in [0.15, 0.2) is 48.5 Å². The minimum atomic E-state index is 0.0481. The topological polar surface area (TPSA) is 42.1 Å². The molecule has 21 heavy (non-hydrogen) atoms. The normalized spacial score (nSPS) is 10.8. The maximum Gasteiger partial charge on any atom is 0.195 e. The number of ketones is 1. The largest absolute Gasteiger partial charge is 0.497 e. The van der Waals surface area contributed by atoms with Crippen LogP contribution in [0.4, 0.5) is 0 Å². The van der Waals surface area contributed by atoms with Gasteiger partial charge in [-0.2, -0.15) is 0 Å². The lowest BCUT2D eigenvalue weighted by Crippen LogP contribution is -2.03. The van der Waals surface area contributed by atoms with Crippen molar-refractivity contribution in [2.24, 2.45) is 0 Å². The lowest BCUT2D eigenvalue weighted by atomic mass is 9.99. The third-order valence-corrected chi connectivity index (χ3v) is 3.72. The van der Waals surface area contributed by atoms with Crippen LogP contribution >= 0.6 is 0 Å². The van der Waals surface area contributed by atoms with Gasteiger partial charge in [-0.3, -0.25) is 4.79 Å². The number of methoxy groups -OCH3 is 1. The third kappa shape index (κ3) is 2.31. The highest BCUT2D eigenvalue weighted by atomic mass is 16.5. The number of aryl methyl sites for hydroxylation is 1. The summed E-state index contributed by atoms with van der Waals surface area (Å²) in [5.74, 6) is 0.799. The molecule has 3 aromatic rings. The van der Waals surface area contributed by atoms with E-state index in [1.165, 1.54) is 0 Å². The number of nitrogens with one attached hydrogen (secondary N) is 1. The third-order valence-electron chi connectivity index (χ3n) is 3.72. The average molecular weight is 279 g/mol. The summed E-state index contributed by atoms with van der Waals surface area (Å²) in [5, 5.41) is 0.982. The van der Waals surface area contributed by atoms with E-state index < -0.39 is 0 Å². The van der Waals surface area contributed by atoms with Crippen molar-refractivity contribution in [2.45, 2.75) is 13.3 Å². The highest BCUT2D eigenvalue weighted by molar-refractivity contribution is 6.17. The van der Waals surface area contributed by atoms with Gasteiger partial charge in [-0.25, -0.2) is 0 Å². The Morgan fingerprint density at radius 2 is 1.81 bits per heavy atom. The van der Waals surface area contributed by atoms with Crippen LogP contribution in [0.1, 0.15) is 28.5 Å². The Morgan fingerprint density at radius 1 is 1.10 bits per heavy atom. The number of para-hydroxylation sites is 1. The number of carbonyl (C=O) groups excluding carboxylic acids is 1. The number of benzene rings is 2. The van der Waals surface area contributed by atoms with E-state index in [1.807, 2.05) is 48.5 Å². The fourth-order valence-corrected chi connectivity index (χ4v) is 2.61. The van der Waals surface area contributed by atoms with E-state index in [0.29, 0.717) is 5.56 Å². The van der Waals surface area contributed by atoms with Gasteiger partial charge in [0.25, 0.3) is 0 Å². The summed E-state index contributed by atoms with van der Waals surface area (Å²) >= 11 is 0. The molecule has 0 fully saturated rings. The average Bonchev–Trinajstić information content (AvgIpc) is 2.92. The molecule has 0 aliphatic heterocycles. The maximum atomic E-state index is 12.8. The van der Waals surface area contributed by atoms with Crippen LogP contribution in [-0.4, -0.2) is 17.9 Å². The van der Waals surface area contributed by atoms with Crippen molar-refractivity contribution >= 4 is 16.7 Å². The summed E-state index contributed by atoms with van der Waals surface area (Å²) in [6.45, 7) is 2.05. The van der Waals surface area contributed by atoms with E-state index in [9.17, 15) is 4.79 Å². The van der Waals surface area contributed by atoms with Gasteiger partial charge in [0.2, 0.25) is 0 Å². The Kier molecular flexibility index (Phi) is 3.48. The molecule has 106 valence electrons. The molecular formula is C18H17NO2. The highest BCUT2D eigenvalue weighted by Gasteiger charge is 2.18. The van der Waals surface area contributed by atoms with Gasteiger partial charge in [-0.05, 0) is 36.8 Å². The quantitative estimate of drug-likeness (QED) is 0.734. The monoisotopic (exact) mass is 279 g/mol. The molecule has 0 saturated heterocycles. The lowest BCUT2D eigenvalue weighted by Gasteiger charge is -2.04. The molecule has 3 rings (SSSR count). The zero-order chi connectivity index (χ0) is 14.8. The molecule has 0 amide bonds. The summed E-state index contributed by atoms with van der Waals surface area (Å²) < 4.78 is 5.14. The van der Waals surface area contributed by atoms with E-state index in [4.69, 9.17) is 4.74 Å². The predicted molar refractivity (Wildman–Crippen MR) is 84.1 cm³/mol. The van der Waals surface area contributed by atoms with Crippen LogP contribution in [0, 0.1) is 0 Å². The molecule has 1 N–H and O–H groups in total. The highest BCUT2D eigenvalue weighted by Crippen LogP contribution is 2.26. The molecule has 2 aromatic carbocycles. The van der Waals surface area contributed by atoms with Crippen LogP contribution in [0.25, 0.3) is 10.9 Å². The van der Waals surface area contributed by atoms with Gasteiger partial charge in [-0.1, -0.05) is 25.1 Å². The fraction of sp³-hybridized carbons (Fsp3) is 0.167. The number of rotatable bonds is 4. The minimum Gasteiger partial charge on any atom is -0.497 e. The predicted octanol–water partition coefficient (Wildman–Crippen LogP) is 3.97. The second-order valence-electron chi connectivity index (χ2n) is 4.94. The second kappa shape index (κ2) is 5.44. The van der Waals surface area contributed by atoms with E-state index in [1.54, 1.807) is 7.11 Å². The van der Waals surface area contributed by atoms with Crippen molar-refractivity contribution in [1.29, 1.82) is 0 Å². The van der Waals surface area contributed by atoms with Crippen LogP contribution in [0.5, 0.6) is 5.75 Å². The Labute approximate surface area is 123 Å². The van der Waals surface area contributed by atoms with Crippen molar-refractivity contribution < 1.29 is 9.53 Å². The molecule has 0 bridgehead atoms. The summed E-state index contributed by atoms with van der Waals surface area (Å²) in [5.41, 5.74) is 3.44. The molecule has 0 aliphatic carbocycles. The molecule has 1 aromatic heterocycles. The van der Waals surface area contributed by atoms with E-state index >= 15 is 0 Å². The molecule has 0 aliphatic rings. The van der Waals surface area contributed by atoms with Gasteiger partial charge in [0.1, 0.15) is 5.75 Å². The number of carbonyl (C=O) groups is 1. The number of hydrogen-bond acceptors (Lipinski definition) is 2. The van der Waals surface area contributed by atoms with Crippen molar-refractivity contribution in [2.75, 3.05) is 7.11 Å². The molecular weight excluding hydrogens is 262 g/mol. The number of ether oxygens (including phenoxy) is 1. The summed E-state index contributed by atoms with van der Waals surface area (Å²) in [6.07, 6.45) is 0.798. The first-order valence-electron chi connectivity index (χ1n) is 7.03. The molecule has 3 nitrogen and oxygen atoms in total. The van der Waals surface area contributed by atoms with Gasteiger partial charge in [-0.15, -0.1) is 0 Å². The van der Waals surface area contributed by atoms with Gasteiger partial charge in [0.05, 0.1) is 12.7 Å². The zero-order valence-electron chi connectivity index (χ0n) is 12.1. The van der Waals surface area contributed by atoms with E-state index in [-0.39, 0.29) is 5.78 Å². The zero-order valence-corrected chi connectivity index (χ0v) is 12.1. The van der Waals surface area contributed by atoms with Gasteiger partial charge in [0, 0.05) is 22.2 Å². The second-order valence-corrected chi connectivity index (χ2v) is 4.94. The molecule has 0 radical (unpaired) electrons. The van der Waals surface area contributed by atoms with Crippen molar-refractivity contribution in [3.8, 4) is 5.75 Å². The van der Waals surface area contributed by atoms with Crippen LogP contribution in [-0.2, 0) is 6.42 Å². The minimum absolute atomic E-state index is 0.0481. The maximum absolute atomic E-state index is 12.8. The lowest BCUT2D eigenvalue weighted by molar-refractivity contribution is 0.103. The van der Waals surface area contributed by atoms with Crippen molar-refractivity contribution in [3.05, 3.63) is 65.4 Å². The van der Waals surface area contributed by atoms with Crippen LogP contribution in [0.3, 0.4) is 0 Å². The Hall–Kier alpha value is -2.55. The summed E-state index contributed by atoms with van der Waals surface area (Å²) in [6, 6.07) is 15.2. The number of aromatic amines is 1. The standard InChI is InChI=1S/C18H17NO2/c1-3-15-17(14-6-4-5-7-16(14)19-15)18(20)12-8-10-13(21-2)11-9-12/h4-11,19H,3H2,1-2H3. The smallest absolute Gasteiger partial charge is 0.195 e. The molecule has 0 saturated carbocycles. The summed E-state index contributed by atoms with van der Waals surface area (Å²) in [7, 11) is 1.62. The summed E-state index contributed by atoms with van der Waals surface area (Å²) in [4.78, 5) is 16.2. The van der Waals surface area contributed by atoms with Crippen LogP contribution < -0.4 is 4.74 Å². The number of aromatic nitrogens is 1. The number of H-pyrrole nitrogens is 1. The van der Waals surface area contributed by atoms with E-state index in [0.717, 1.165) is 34.3 Å². The van der Waals surface area contributed by atoms with Crippen LogP contribution in [0.2, 0.25) is 0 Å². The Balaban J connectivity index is 2.11. The number of fused-ring (bicyclic) bond motifs is 1. The van der Waals surface area contributed by atoms with Gasteiger partial charge >= 0.3 is 0 Å². The molecule has 0 spiro atoms. The SMILES string of the molecule is CCc1[nH]c2ccccc2c1C(=O)c1ccc(OC)cc1. The Morgan fingerprint density at radius 3 is 2.48 bits per heavy atom.